The Morgan fingerprint density at radius 2 is 2.23 bits per heavy atom. The molecule has 0 aromatic carbocycles. The van der Waals surface area contributed by atoms with E-state index in [2.05, 4.69) is 4.74 Å². The summed E-state index contributed by atoms with van der Waals surface area (Å²) in [6.07, 6.45) is -0.0756. The standard InChI is InChI=1S/C8H12O5/c1-10-7(9)8-12-4-6-5(13-8)2-3-11-6/h5-6,8H,2-4H2,1H3. The van der Waals surface area contributed by atoms with Crippen LogP contribution in [-0.4, -0.2) is 44.8 Å². The van der Waals surface area contributed by atoms with Crippen molar-refractivity contribution in [3.8, 4) is 0 Å². The summed E-state index contributed by atoms with van der Waals surface area (Å²) in [4.78, 5) is 11.0. The molecule has 74 valence electrons. The SMILES string of the molecule is COC(=O)C1OCC2OCCC2O1. The number of carbonyl (C=O) groups excluding carboxylic acids is 1. The van der Waals surface area contributed by atoms with E-state index in [1.165, 1.54) is 7.11 Å². The number of carbonyl (C=O) groups is 1. The Bertz CT molecular complexity index is 205. The number of esters is 1. The molecule has 0 amide bonds. The lowest BCUT2D eigenvalue weighted by molar-refractivity contribution is -0.244. The van der Waals surface area contributed by atoms with Crippen molar-refractivity contribution < 1.29 is 23.7 Å². The minimum Gasteiger partial charge on any atom is -0.465 e. The maximum atomic E-state index is 11.0. The molecule has 0 aromatic heterocycles. The first-order valence-electron chi connectivity index (χ1n) is 4.28. The van der Waals surface area contributed by atoms with Gasteiger partial charge in [-0.1, -0.05) is 0 Å². The molecular weight excluding hydrogens is 176 g/mol. The lowest BCUT2D eigenvalue weighted by atomic mass is 10.2. The maximum Gasteiger partial charge on any atom is 0.363 e. The lowest BCUT2D eigenvalue weighted by Crippen LogP contribution is -2.44. The van der Waals surface area contributed by atoms with Crippen molar-refractivity contribution in [2.75, 3.05) is 20.3 Å². The van der Waals surface area contributed by atoms with E-state index in [0.29, 0.717) is 13.2 Å². The largest absolute Gasteiger partial charge is 0.465 e. The van der Waals surface area contributed by atoms with Crippen LogP contribution in [0.15, 0.2) is 0 Å². The first-order chi connectivity index (χ1) is 6.31. The molecule has 5 nitrogen and oxygen atoms in total. The fraction of sp³-hybridized carbons (Fsp3) is 0.875. The zero-order valence-corrected chi connectivity index (χ0v) is 7.39. The van der Waals surface area contributed by atoms with Crippen LogP contribution in [0.1, 0.15) is 6.42 Å². The second-order valence-corrected chi connectivity index (χ2v) is 3.06. The summed E-state index contributed by atoms with van der Waals surface area (Å²) < 4.78 is 20.3. The van der Waals surface area contributed by atoms with Gasteiger partial charge in [0.1, 0.15) is 6.10 Å². The van der Waals surface area contributed by atoms with E-state index in [-0.39, 0.29) is 12.2 Å². The highest BCUT2D eigenvalue weighted by Crippen LogP contribution is 2.24. The van der Waals surface area contributed by atoms with E-state index < -0.39 is 12.3 Å². The highest BCUT2D eigenvalue weighted by Gasteiger charge is 2.39. The Balaban J connectivity index is 1.93. The number of methoxy groups -OCH3 is 1. The lowest BCUT2D eigenvalue weighted by Gasteiger charge is -2.29. The molecule has 0 aliphatic carbocycles. The van der Waals surface area contributed by atoms with Gasteiger partial charge in [0.05, 0.1) is 19.8 Å². The van der Waals surface area contributed by atoms with Gasteiger partial charge < -0.3 is 18.9 Å². The van der Waals surface area contributed by atoms with Crippen LogP contribution in [0.5, 0.6) is 0 Å². The Morgan fingerprint density at radius 1 is 1.38 bits per heavy atom. The molecule has 0 radical (unpaired) electrons. The quantitative estimate of drug-likeness (QED) is 0.528. The van der Waals surface area contributed by atoms with E-state index in [0.717, 1.165) is 6.42 Å². The molecule has 0 saturated carbocycles. The van der Waals surface area contributed by atoms with Gasteiger partial charge in [-0.15, -0.1) is 0 Å². The van der Waals surface area contributed by atoms with Gasteiger partial charge in [0.2, 0.25) is 0 Å². The molecule has 2 saturated heterocycles. The maximum absolute atomic E-state index is 11.0. The first kappa shape index (κ1) is 8.93. The fourth-order valence-electron chi connectivity index (χ4n) is 1.54. The van der Waals surface area contributed by atoms with Crippen molar-refractivity contribution in [2.45, 2.75) is 24.9 Å². The summed E-state index contributed by atoms with van der Waals surface area (Å²) in [6, 6.07) is 0. The van der Waals surface area contributed by atoms with Crippen molar-refractivity contribution in [3.63, 3.8) is 0 Å². The highest BCUT2D eigenvalue weighted by atomic mass is 16.7. The zero-order chi connectivity index (χ0) is 9.26. The van der Waals surface area contributed by atoms with Crippen molar-refractivity contribution in [1.29, 1.82) is 0 Å². The minimum atomic E-state index is -0.868. The summed E-state index contributed by atoms with van der Waals surface area (Å²) in [7, 11) is 1.31. The minimum absolute atomic E-state index is 0.0130. The second kappa shape index (κ2) is 3.61. The molecule has 2 aliphatic heterocycles. The Labute approximate surface area is 75.9 Å². The zero-order valence-electron chi connectivity index (χ0n) is 7.39. The van der Waals surface area contributed by atoms with Gasteiger partial charge in [0, 0.05) is 6.61 Å². The summed E-state index contributed by atoms with van der Waals surface area (Å²) in [6.45, 7) is 1.08. The fourth-order valence-corrected chi connectivity index (χ4v) is 1.54. The Morgan fingerprint density at radius 3 is 3.00 bits per heavy atom. The Hall–Kier alpha value is -0.650. The van der Waals surface area contributed by atoms with E-state index >= 15 is 0 Å². The third-order valence-electron chi connectivity index (χ3n) is 2.25. The molecule has 13 heavy (non-hydrogen) atoms. The molecule has 3 unspecified atom stereocenters. The molecule has 0 spiro atoms. The van der Waals surface area contributed by atoms with Crippen LogP contribution >= 0.6 is 0 Å². The van der Waals surface area contributed by atoms with E-state index in [1.54, 1.807) is 0 Å². The van der Waals surface area contributed by atoms with E-state index in [4.69, 9.17) is 14.2 Å². The van der Waals surface area contributed by atoms with Gasteiger partial charge in [-0.25, -0.2) is 4.79 Å². The monoisotopic (exact) mass is 188 g/mol. The third-order valence-corrected chi connectivity index (χ3v) is 2.25. The average molecular weight is 188 g/mol. The molecule has 3 atom stereocenters. The van der Waals surface area contributed by atoms with Gasteiger partial charge in [0.25, 0.3) is 6.29 Å². The van der Waals surface area contributed by atoms with Gasteiger partial charge >= 0.3 is 5.97 Å². The molecule has 2 fully saturated rings. The second-order valence-electron chi connectivity index (χ2n) is 3.06. The van der Waals surface area contributed by atoms with E-state index in [9.17, 15) is 4.79 Å². The predicted molar refractivity (Wildman–Crippen MR) is 41.0 cm³/mol. The molecule has 5 heteroatoms. The van der Waals surface area contributed by atoms with Gasteiger partial charge in [-0.2, -0.15) is 0 Å². The average Bonchev–Trinajstić information content (AvgIpc) is 2.63. The number of hydrogen-bond donors (Lipinski definition) is 0. The predicted octanol–water partition coefficient (Wildman–Crippen LogP) is -0.310. The Kier molecular flexibility index (Phi) is 2.48. The van der Waals surface area contributed by atoms with Crippen LogP contribution in [-0.2, 0) is 23.7 Å². The summed E-state index contributed by atoms with van der Waals surface area (Å²) >= 11 is 0. The molecule has 2 aliphatic rings. The van der Waals surface area contributed by atoms with Gasteiger partial charge in [0.15, 0.2) is 0 Å². The van der Waals surface area contributed by atoms with Crippen LogP contribution in [0.2, 0.25) is 0 Å². The highest BCUT2D eigenvalue weighted by molar-refractivity contribution is 5.73. The smallest absolute Gasteiger partial charge is 0.363 e. The van der Waals surface area contributed by atoms with E-state index in [1.807, 2.05) is 0 Å². The third kappa shape index (κ3) is 1.67. The van der Waals surface area contributed by atoms with Crippen LogP contribution in [0.25, 0.3) is 0 Å². The van der Waals surface area contributed by atoms with Crippen molar-refractivity contribution in [1.82, 2.24) is 0 Å². The summed E-state index contributed by atoms with van der Waals surface area (Å²) in [5, 5.41) is 0. The number of ether oxygens (including phenoxy) is 4. The molecular formula is C8H12O5. The van der Waals surface area contributed by atoms with Gasteiger partial charge in [-0.3, -0.25) is 0 Å². The summed E-state index contributed by atoms with van der Waals surface area (Å²) in [5.41, 5.74) is 0. The van der Waals surface area contributed by atoms with Crippen LogP contribution in [0.3, 0.4) is 0 Å². The molecule has 2 rings (SSSR count). The summed E-state index contributed by atoms with van der Waals surface area (Å²) in [5.74, 6) is -0.481. The molecule has 2 heterocycles. The topological polar surface area (TPSA) is 54.0 Å². The number of hydrogen-bond acceptors (Lipinski definition) is 5. The normalized spacial score (nSPS) is 38.4. The van der Waals surface area contributed by atoms with Crippen molar-refractivity contribution in [3.05, 3.63) is 0 Å². The van der Waals surface area contributed by atoms with Crippen LogP contribution in [0.4, 0.5) is 0 Å². The first-order valence-corrected chi connectivity index (χ1v) is 4.28. The van der Waals surface area contributed by atoms with Crippen LogP contribution in [0, 0.1) is 0 Å². The van der Waals surface area contributed by atoms with Gasteiger partial charge in [-0.05, 0) is 6.42 Å². The van der Waals surface area contributed by atoms with Crippen LogP contribution < -0.4 is 0 Å². The molecule has 0 aromatic rings. The van der Waals surface area contributed by atoms with Crippen molar-refractivity contribution >= 4 is 5.97 Å². The molecule has 0 N–H and O–H groups in total. The molecule has 0 bridgehead atoms. The van der Waals surface area contributed by atoms with Crippen molar-refractivity contribution in [2.24, 2.45) is 0 Å². The number of fused-ring (bicyclic) bond motifs is 1. The number of rotatable bonds is 1.